The Balaban J connectivity index is 2.66. The summed E-state index contributed by atoms with van der Waals surface area (Å²) in [5, 5.41) is 13.0. The molecule has 1 fully saturated rings. The molecule has 4 heteroatoms. The van der Waals surface area contributed by atoms with Crippen LogP contribution in [0.25, 0.3) is 0 Å². The van der Waals surface area contributed by atoms with Gasteiger partial charge < -0.3 is 15.2 Å². The van der Waals surface area contributed by atoms with Crippen molar-refractivity contribution in [3.8, 4) is 0 Å². The number of nitrogens with zero attached hydrogens (tertiary/aromatic N) is 1. The third-order valence-corrected chi connectivity index (χ3v) is 3.38. The number of nitrogens with one attached hydrogen (secondary N) is 1. The molecule has 0 aromatic rings. The molecule has 0 aliphatic carbocycles. The third kappa shape index (κ3) is 3.14. The highest BCUT2D eigenvalue weighted by Gasteiger charge is 2.34. The van der Waals surface area contributed by atoms with E-state index in [1.54, 1.807) is 7.11 Å². The topological polar surface area (TPSA) is 44.7 Å². The normalized spacial score (nSPS) is 23.4. The lowest BCUT2D eigenvalue weighted by Gasteiger charge is -2.41. The predicted molar refractivity (Wildman–Crippen MR) is 61.0 cm³/mol. The molecule has 1 aliphatic heterocycles. The average Bonchev–Trinajstić information content (AvgIpc) is 2.55. The summed E-state index contributed by atoms with van der Waals surface area (Å²) in [4.78, 5) is 2.37. The summed E-state index contributed by atoms with van der Waals surface area (Å²) in [6.07, 6.45) is 2.07. The zero-order chi connectivity index (χ0) is 11.1. The van der Waals surface area contributed by atoms with E-state index in [0.717, 1.165) is 39.0 Å². The van der Waals surface area contributed by atoms with Crippen LogP contribution in [0.2, 0.25) is 0 Å². The van der Waals surface area contributed by atoms with Gasteiger partial charge in [-0.05, 0) is 19.4 Å². The van der Waals surface area contributed by atoms with Gasteiger partial charge in [0.15, 0.2) is 0 Å². The maximum Gasteiger partial charge on any atom is 0.0673 e. The molecule has 1 unspecified atom stereocenters. The highest BCUT2D eigenvalue weighted by Crippen LogP contribution is 2.20. The van der Waals surface area contributed by atoms with Gasteiger partial charge in [0.25, 0.3) is 0 Å². The van der Waals surface area contributed by atoms with Crippen molar-refractivity contribution in [2.75, 3.05) is 46.5 Å². The number of rotatable bonds is 5. The van der Waals surface area contributed by atoms with Gasteiger partial charge in [-0.1, -0.05) is 6.92 Å². The van der Waals surface area contributed by atoms with E-state index in [1.165, 1.54) is 0 Å². The standard InChI is InChI=1S/C11H24N2O2/c1-3-11(9-14,10-15-2)13-7-4-5-12-6-8-13/h12,14H,3-10H2,1-2H3. The first kappa shape index (κ1) is 12.9. The van der Waals surface area contributed by atoms with Crippen molar-refractivity contribution in [2.45, 2.75) is 25.3 Å². The molecule has 1 atom stereocenters. The summed E-state index contributed by atoms with van der Waals surface area (Å²) in [7, 11) is 1.70. The Morgan fingerprint density at radius 3 is 2.80 bits per heavy atom. The first-order valence-electron chi connectivity index (χ1n) is 5.84. The molecule has 1 rings (SSSR count). The van der Waals surface area contributed by atoms with Crippen LogP contribution in [0.1, 0.15) is 19.8 Å². The Bertz CT molecular complexity index is 164. The quantitative estimate of drug-likeness (QED) is 0.682. The van der Waals surface area contributed by atoms with E-state index < -0.39 is 0 Å². The monoisotopic (exact) mass is 216 g/mol. The third-order valence-electron chi connectivity index (χ3n) is 3.38. The van der Waals surface area contributed by atoms with Crippen LogP contribution in [0.4, 0.5) is 0 Å². The fraction of sp³-hybridized carbons (Fsp3) is 1.00. The molecule has 1 saturated heterocycles. The molecule has 0 spiro atoms. The summed E-state index contributed by atoms with van der Waals surface area (Å²) in [6.45, 7) is 7.04. The fourth-order valence-electron chi connectivity index (χ4n) is 2.26. The first-order valence-corrected chi connectivity index (χ1v) is 5.84. The summed E-state index contributed by atoms with van der Waals surface area (Å²) in [5.74, 6) is 0. The molecule has 0 amide bonds. The number of hydrogen-bond donors (Lipinski definition) is 2. The van der Waals surface area contributed by atoms with Gasteiger partial charge in [0.1, 0.15) is 0 Å². The van der Waals surface area contributed by atoms with Gasteiger partial charge >= 0.3 is 0 Å². The van der Waals surface area contributed by atoms with Crippen molar-refractivity contribution in [2.24, 2.45) is 0 Å². The highest BCUT2D eigenvalue weighted by atomic mass is 16.5. The van der Waals surface area contributed by atoms with E-state index in [2.05, 4.69) is 17.1 Å². The van der Waals surface area contributed by atoms with E-state index in [4.69, 9.17) is 4.74 Å². The number of methoxy groups -OCH3 is 1. The van der Waals surface area contributed by atoms with Crippen LogP contribution in [0.5, 0.6) is 0 Å². The van der Waals surface area contributed by atoms with Crippen molar-refractivity contribution in [3.63, 3.8) is 0 Å². The van der Waals surface area contributed by atoms with Crippen LogP contribution < -0.4 is 5.32 Å². The van der Waals surface area contributed by atoms with Gasteiger partial charge in [-0.25, -0.2) is 0 Å². The van der Waals surface area contributed by atoms with Crippen molar-refractivity contribution >= 4 is 0 Å². The molecule has 1 heterocycles. The van der Waals surface area contributed by atoms with Gasteiger partial charge in [0.05, 0.1) is 18.8 Å². The largest absolute Gasteiger partial charge is 0.394 e. The van der Waals surface area contributed by atoms with Gasteiger partial charge in [-0.3, -0.25) is 4.90 Å². The highest BCUT2D eigenvalue weighted by molar-refractivity contribution is 4.90. The Hall–Kier alpha value is -0.160. The number of hydrogen-bond acceptors (Lipinski definition) is 4. The summed E-state index contributed by atoms with van der Waals surface area (Å²) < 4.78 is 5.26. The van der Waals surface area contributed by atoms with Crippen LogP contribution in [-0.2, 0) is 4.74 Å². The Morgan fingerprint density at radius 1 is 1.40 bits per heavy atom. The molecule has 0 saturated carbocycles. The minimum absolute atomic E-state index is 0.178. The second kappa shape index (κ2) is 6.43. The lowest BCUT2D eigenvalue weighted by Crippen LogP contribution is -2.55. The van der Waals surface area contributed by atoms with Crippen LogP contribution in [0, 0.1) is 0 Å². The van der Waals surface area contributed by atoms with Crippen LogP contribution in [0.15, 0.2) is 0 Å². The average molecular weight is 216 g/mol. The van der Waals surface area contributed by atoms with Crippen molar-refractivity contribution in [1.29, 1.82) is 0 Å². The minimum Gasteiger partial charge on any atom is -0.394 e. The molecule has 4 nitrogen and oxygen atoms in total. The molecule has 0 aromatic carbocycles. The van der Waals surface area contributed by atoms with Crippen molar-refractivity contribution in [1.82, 2.24) is 10.2 Å². The lowest BCUT2D eigenvalue weighted by atomic mass is 9.95. The molecule has 90 valence electrons. The van der Waals surface area contributed by atoms with Gasteiger partial charge in [0.2, 0.25) is 0 Å². The minimum atomic E-state index is -0.180. The second-order valence-corrected chi connectivity index (χ2v) is 4.26. The fourth-order valence-corrected chi connectivity index (χ4v) is 2.26. The second-order valence-electron chi connectivity index (χ2n) is 4.26. The van der Waals surface area contributed by atoms with Crippen molar-refractivity contribution in [3.05, 3.63) is 0 Å². The maximum absolute atomic E-state index is 9.61. The predicted octanol–water partition coefficient (Wildman–Crippen LogP) is 0.0692. The number of aliphatic hydroxyl groups is 1. The van der Waals surface area contributed by atoms with Gasteiger partial charge in [-0.2, -0.15) is 0 Å². The smallest absolute Gasteiger partial charge is 0.0673 e. The van der Waals surface area contributed by atoms with Crippen LogP contribution in [0.3, 0.4) is 0 Å². The van der Waals surface area contributed by atoms with E-state index in [0.29, 0.717) is 6.61 Å². The van der Waals surface area contributed by atoms with E-state index in [1.807, 2.05) is 0 Å². The summed E-state index contributed by atoms with van der Waals surface area (Å²) in [6, 6.07) is 0. The summed E-state index contributed by atoms with van der Waals surface area (Å²) in [5.41, 5.74) is -0.180. The Labute approximate surface area is 92.6 Å². The lowest BCUT2D eigenvalue weighted by molar-refractivity contribution is -0.0271. The molecule has 1 aliphatic rings. The van der Waals surface area contributed by atoms with Gasteiger partial charge in [-0.15, -0.1) is 0 Å². The molecule has 0 bridgehead atoms. The Kier molecular flexibility index (Phi) is 5.53. The first-order chi connectivity index (χ1) is 7.29. The molecule has 2 N–H and O–H groups in total. The van der Waals surface area contributed by atoms with E-state index in [9.17, 15) is 5.11 Å². The molecule has 0 radical (unpaired) electrons. The molecule has 15 heavy (non-hydrogen) atoms. The van der Waals surface area contributed by atoms with E-state index in [-0.39, 0.29) is 12.1 Å². The number of aliphatic hydroxyl groups excluding tert-OH is 1. The zero-order valence-corrected chi connectivity index (χ0v) is 9.96. The van der Waals surface area contributed by atoms with Crippen LogP contribution in [-0.4, -0.2) is 62.0 Å². The number of ether oxygens (including phenoxy) is 1. The summed E-state index contributed by atoms with van der Waals surface area (Å²) >= 11 is 0. The molecular formula is C11H24N2O2. The van der Waals surface area contributed by atoms with Crippen molar-refractivity contribution < 1.29 is 9.84 Å². The van der Waals surface area contributed by atoms with Crippen LogP contribution >= 0.6 is 0 Å². The zero-order valence-electron chi connectivity index (χ0n) is 9.96. The molecular weight excluding hydrogens is 192 g/mol. The van der Waals surface area contributed by atoms with E-state index >= 15 is 0 Å². The Morgan fingerprint density at radius 2 is 2.20 bits per heavy atom. The SMILES string of the molecule is CCC(CO)(COC)N1CCCNCC1. The molecule has 0 aromatic heterocycles. The maximum atomic E-state index is 9.61. The van der Waals surface area contributed by atoms with Gasteiger partial charge in [0, 0.05) is 26.7 Å².